The second kappa shape index (κ2) is 5.81. The van der Waals surface area contributed by atoms with Crippen molar-refractivity contribution in [1.82, 2.24) is 10.1 Å². The number of anilines is 1. The van der Waals surface area contributed by atoms with E-state index in [9.17, 15) is 4.79 Å². The highest BCUT2D eigenvalue weighted by molar-refractivity contribution is 6.04. The molecule has 5 nitrogen and oxygen atoms in total. The van der Waals surface area contributed by atoms with Crippen LogP contribution in [0.15, 0.2) is 53.1 Å². The van der Waals surface area contributed by atoms with Gasteiger partial charge in [-0.25, -0.2) is 0 Å². The molecule has 0 spiro atoms. The molecule has 5 heteroatoms. The lowest BCUT2D eigenvalue weighted by Crippen LogP contribution is -2.11. The maximum absolute atomic E-state index is 12.2. The van der Waals surface area contributed by atoms with Crippen molar-refractivity contribution in [1.29, 1.82) is 0 Å². The minimum absolute atomic E-state index is 0.154. The normalized spacial score (nSPS) is 10.5. The van der Waals surface area contributed by atoms with Gasteiger partial charge in [0.05, 0.1) is 0 Å². The first kappa shape index (κ1) is 14.0. The van der Waals surface area contributed by atoms with Gasteiger partial charge in [-0.1, -0.05) is 17.3 Å². The molecule has 1 aromatic heterocycles. The van der Waals surface area contributed by atoms with E-state index in [0.29, 0.717) is 17.3 Å². The molecule has 0 radical (unpaired) electrons. The Labute approximate surface area is 128 Å². The van der Waals surface area contributed by atoms with Crippen LogP contribution in [0.5, 0.6) is 0 Å². The third-order valence-electron chi connectivity index (χ3n) is 3.20. The van der Waals surface area contributed by atoms with Gasteiger partial charge in [0, 0.05) is 16.8 Å². The molecule has 0 aliphatic carbocycles. The molecule has 0 bridgehead atoms. The van der Waals surface area contributed by atoms with Crippen molar-refractivity contribution < 1.29 is 9.32 Å². The Bertz CT molecular complexity index is 807. The number of hydrogen-bond acceptors (Lipinski definition) is 4. The average molecular weight is 293 g/mol. The SMILES string of the molecule is Cc1cccc(NC(=O)c2ccc(-c3nc(C)no3)cc2)c1. The van der Waals surface area contributed by atoms with Gasteiger partial charge in [0.1, 0.15) is 0 Å². The summed E-state index contributed by atoms with van der Waals surface area (Å²) >= 11 is 0. The highest BCUT2D eigenvalue weighted by Gasteiger charge is 2.09. The predicted octanol–water partition coefficient (Wildman–Crippen LogP) is 3.61. The summed E-state index contributed by atoms with van der Waals surface area (Å²) in [5.41, 5.74) is 3.23. The summed E-state index contributed by atoms with van der Waals surface area (Å²) in [7, 11) is 0. The number of hydrogen-bond donors (Lipinski definition) is 1. The number of carbonyl (C=O) groups excluding carboxylic acids is 1. The molecule has 1 amide bonds. The minimum Gasteiger partial charge on any atom is -0.334 e. The Morgan fingerprint density at radius 1 is 1.09 bits per heavy atom. The molecule has 22 heavy (non-hydrogen) atoms. The fraction of sp³-hybridized carbons (Fsp3) is 0.118. The van der Waals surface area contributed by atoms with Crippen molar-refractivity contribution in [2.45, 2.75) is 13.8 Å². The van der Waals surface area contributed by atoms with Crippen molar-refractivity contribution in [3.05, 3.63) is 65.5 Å². The largest absolute Gasteiger partial charge is 0.334 e. The zero-order valence-electron chi connectivity index (χ0n) is 12.3. The van der Waals surface area contributed by atoms with Crippen LogP contribution in [0.2, 0.25) is 0 Å². The van der Waals surface area contributed by atoms with E-state index in [2.05, 4.69) is 15.5 Å². The molecule has 0 saturated heterocycles. The lowest BCUT2D eigenvalue weighted by Gasteiger charge is -2.06. The molecule has 0 unspecified atom stereocenters. The average Bonchev–Trinajstić information content (AvgIpc) is 2.94. The van der Waals surface area contributed by atoms with Crippen LogP contribution in [-0.2, 0) is 0 Å². The first-order chi connectivity index (χ1) is 10.6. The van der Waals surface area contributed by atoms with Gasteiger partial charge in [0.25, 0.3) is 11.8 Å². The van der Waals surface area contributed by atoms with Crippen LogP contribution in [0.1, 0.15) is 21.7 Å². The van der Waals surface area contributed by atoms with Crippen LogP contribution in [0, 0.1) is 13.8 Å². The number of aryl methyl sites for hydroxylation is 2. The van der Waals surface area contributed by atoms with Crippen LogP contribution >= 0.6 is 0 Å². The summed E-state index contributed by atoms with van der Waals surface area (Å²) in [5.74, 6) is 0.873. The van der Waals surface area contributed by atoms with Crippen LogP contribution in [0.4, 0.5) is 5.69 Å². The molecule has 1 heterocycles. The number of carbonyl (C=O) groups is 1. The second-order valence-corrected chi connectivity index (χ2v) is 5.05. The smallest absolute Gasteiger partial charge is 0.257 e. The fourth-order valence-electron chi connectivity index (χ4n) is 2.10. The molecule has 0 saturated carbocycles. The molecular weight excluding hydrogens is 278 g/mol. The molecule has 0 fully saturated rings. The van der Waals surface area contributed by atoms with E-state index in [-0.39, 0.29) is 5.91 Å². The zero-order chi connectivity index (χ0) is 15.5. The fourth-order valence-corrected chi connectivity index (χ4v) is 2.10. The molecule has 2 aromatic carbocycles. The standard InChI is InChI=1S/C17H15N3O2/c1-11-4-3-5-15(10-11)19-16(21)13-6-8-14(9-7-13)17-18-12(2)20-22-17/h3-10H,1-2H3,(H,19,21). The van der Waals surface area contributed by atoms with Gasteiger partial charge in [0.2, 0.25) is 0 Å². The third kappa shape index (κ3) is 3.03. The number of rotatable bonds is 3. The van der Waals surface area contributed by atoms with Crippen molar-refractivity contribution in [2.24, 2.45) is 0 Å². The Morgan fingerprint density at radius 3 is 2.50 bits per heavy atom. The number of amides is 1. The van der Waals surface area contributed by atoms with Crippen LogP contribution in [-0.4, -0.2) is 16.0 Å². The molecule has 0 atom stereocenters. The van der Waals surface area contributed by atoms with Gasteiger partial charge < -0.3 is 9.84 Å². The maximum Gasteiger partial charge on any atom is 0.257 e. The molecule has 110 valence electrons. The van der Waals surface area contributed by atoms with E-state index in [4.69, 9.17) is 4.52 Å². The number of benzene rings is 2. The lowest BCUT2D eigenvalue weighted by atomic mass is 10.1. The molecule has 3 rings (SSSR count). The van der Waals surface area contributed by atoms with Gasteiger partial charge in [0.15, 0.2) is 5.82 Å². The first-order valence-corrected chi connectivity index (χ1v) is 6.90. The predicted molar refractivity (Wildman–Crippen MR) is 83.6 cm³/mol. The van der Waals surface area contributed by atoms with E-state index in [1.54, 1.807) is 31.2 Å². The molecule has 0 aliphatic heterocycles. The van der Waals surface area contributed by atoms with Crippen molar-refractivity contribution in [2.75, 3.05) is 5.32 Å². The summed E-state index contributed by atoms with van der Waals surface area (Å²) in [5, 5.41) is 6.62. The summed E-state index contributed by atoms with van der Waals surface area (Å²) in [6.07, 6.45) is 0. The Kier molecular flexibility index (Phi) is 3.70. The number of nitrogens with zero attached hydrogens (tertiary/aromatic N) is 2. The van der Waals surface area contributed by atoms with E-state index >= 15 is 0 Å². The first-order valence-electron chi connectivity index (χ1n) is 6.90. The van der Waals surface area contributed by atoms with E-state index in [1.165, 1.54) is 0 Å². The van der Waals surface area contributed by atoms with Crippen molar-refractivity contribution >= 4 is 11.6 Å². The van der Waals surface area contributed by atoms with Crippen LogP contribution < -0.4 is 5.32 Å². The Hall–Kier alpha value is -2.95. The summed E-state index contributed by atoms with van der Waals surface area (Å²) < 4.78 is 5.10. The maximum atomic E-state index is 12.2. The van der Waals surface area contributed by atoms with Crippen molar-refractivity contribution in [3.63, 3.8) is 0 Å². The highest BCUT2D eigenvalue weighted by atomic mass is 16.5. The summed E-state index contributed by atoms with van der Waals surface area (Å²) in [4.78, 5) is 16.4. The van der Waals surface area contributed by atoms with Gasteiger partial charge in [-0.3, -0.25) is 4.79 Å². The van der Waals surface area contributed by atoms with Crippen molar-refractivity contribution in [3.8, 4) is 11.5 Å². The summed E-state index contributed by atoms with van der Waals surface area (Å²) in [6, 6.07) is 14.7. The second-order valence-electron chi connectivity index (χ2n) is 5.05. The van der Waals surface area contributed by atoms with Gasteiger partial charge in [-0.05, 0) is 55.8 Å². The van der Waals surface area contributed by atoms with Crippen LogP contribution in [0.25, 0.3) is 11.5 Å². The quantitative estimate of drug-likeness (QED) is 0.801. The zero-order valence-corrected chi connectivity index (χ0v) is 12.3. The molecule has 0 aliphatic rings. The van der Waals surface area contributed by atoms with E-state index < -0.39 is 0 Å². The number of aromatic nitrogens is 2. The summed E-state index contributed by atoms with van der Waals surface area (Å²) in [6.45, 7) is 3.74. The van der Waals surface area contributed by atoms with E-state index in [1.807, 2.05) is 31.2 Å². The molecular formula is C17H15N3O2. The monoisotopic (exact) mass is 293 g/mol. The Balaban J connectivity index is 1.76. The molecule has 3 aromatic rings. The topological polar surface area (TPSA) is 68.0 Å². The van der Waals surface area contributed by atoms with Gasteiger partial charge >= 0.3 is 0 Å². The lowest BCUT2D eigenvalue weighted by molar-refractivity contribution is 0.102. The number of nitrogens with one attached hydrogen (secondary N) is 1. The third-order valence-corrected chi connectivity index (χ3v) is 3.20. The molecule has 1 N–H and O–H groups in total. The van der Waals surface area contributed by atoms with Gasteiger partial charge in [-0.2, -0.15) is 4.98 Å². The Morgan fingerprint density at radius 2 is 1.86 bits per heavy atom. The van der Waals surface area contributed by atoms with E-state index in [0.717, 1.165) is 16.8 Å². The van der Waals surface area contributed by atoms with Crippen LogP contribution in [0.3, 0.4) is 0 Å². The minimum atomic E-state index is -0.154. The highest BCUT2D eigenvalue weighted by Crippen LogP contribution is 2.18. The van der Waals surface area contributed by atoms with Gasteiger partial charge in [-0.15, -0.1) is 0 Å².